The summed E-state index contributed by atoms with van der Waals surface area (Å²) in [6, 6.07) is 38.1. The minimum Gasteiger partial charge on any atom is -0.464 e. The lowest BCUT2D eigenvalue weighted by atomic mass is 9.90. The molecular weight excluding hydrogens is 614 g/mol. The number of benzene rings is 5. The molecule has 0 aliphatic heterocycles. The predicted octanol–water partition coefficient (Wildman–Crippen LogP) is 6.35. The second kappa shape index (κ2) is 14.0. The number of carbonyl (C=O) groups is 2. The highest BCUT2D eigenvalue weighted by Crippen LogP contribution is 2.44. The van der Waals surface area contributed by atoms with E-state index in [0.29, 0.717) is 5.56 Å². The van der Waals surface area contributed by atoms with Crippen LogP contribution >= 0.6 is 0 Å². The Balaban J connectivity index is 1.21. The maximum absolute atomic E-state index is 13.8. The number of hydrogen-bond donors (Lipinski definition) is 1. The van der Waals surface area contributed by atoms with Gasteiger partial charge in [-0.25, -0.2) is 0 Å². The Kier molecular flexibility index (Phi) is 9.47. The van der Waals surface area contributed by atoms with Gasteiger partial charge in [0, 0.05) is 12.0 Å². The Morgan fingerprint density at radius 2 is 1.23 bits per heavy atom. The highest BCUT2D eigenvalue weighted by atomic mass is 32.2. The summed E-state index contributed by atoms with van der Waals surface area (Å²) in [4.78, 5) is 26.7. The summed E-state index contributed by atoms with van der Waals surface area (Å²) in [5.74, 6) is -2.34. The molecule has 8 nitrogen and oxygen atoms in total. The monoisotopic (exact) mass is 647 g/mol. The van der Waals surface area contributed by atoms with Gasteiger partial charge in [-0.15, -0.1) is 0 Å². The minimum atomic E-state index is -4.07. The number of nitrogens with two attached hydrogens (primary N) is 1. The number of esters is 2. The van der Waals surface area contributed by atoms with Crippen molar-refractivity contribution in [1.29, 1.82) is 0 Å². The molecule has 47 heavy (non-hydrogen) atoms. The van der Waals surface area contributed by atoms with Gasteiger partial charge >= 0.3 is 22.1 Å². The number of ether oxygens (including phenoxy) is 2. The van der Waals surface area contributed by atoms with Gasteiger partial charge in [0.1, 0.15) is 23.9 Å². The molecule has 0 saturated heterocycles. The van der Waals surface area contributed by atoms with Crippen LogP contribution in [0.15, 0.2) is 138 Å². The molecule has 0 amide bonds. The fraction of sp³-hybridized carbons (Fsp3) is 0.158. The van der Waals surface area contributed by atoms with Crippen LogP contribution in [0.4, 0.5) is 0 Å². The third kappa shape index (κ3) is 7.27. The number of carbonyl (C=O) groups excluding carboxylic acids is 2. The summed E-state index contributed by atoms with van der Waals surface area (Å²) < 4.78 is 42.2. The average Bonchev–Trinajstić information content (AvgIpc) is 3.41. The van der Waals surface area contributed by atoms with Crippen LogP contribution in [-0.2, 0) is 35.8 Å². The van der Waals surface area contributed by atoms with Gasteiger partial charge < -0.3 is 19.4 Å². The second-order valence-electron chi connectivity index (χ2n) is 11.3. The molecule has 0 fully saturated rings. The normalized spacial score (nSPS) is 13.6. The summed E-state index contributed by atoms with van der Waals surface area (Å²) in [5.41, 5.74) is 12.1. The van der Waals surface area contributed by atoms with Gasteiger partial charge in [-0.05, 0) is 57.6 Å². The van der Waals surface area contributed by atoms with Crippen molar-refractivity contribution in [3.05, 3.63) is 156 Å². The molecule has 5 aromatic rings. The van der Waals surface area contributed by atoms with Gasteiger partial charge in [0.2, 0.25) is 0 Å². The van der Waals surface area contributed by atoms with Gasteiger partial charge in [0.15, 0.2) is 0 Å². The van der Waals surface area contributed by atoms with Crippen molar-refractivity contribution in [1.82, 2.24) is 0 Å². The van der Waals surface area contributed by atoms with Crippen molar-refractivity contribution in [3.63, 3.8) is 0 Å². The van der Waals surface area contributed by atoms with Gasteiger partial charge in [-0.3, -0.25) is 9.59 Å². The van der Waals surface area contributed by atoms with E-state index in [1.807, 2.05) is 66.7 Å². The van der Waals surface area contributed by atoms with E-state index >= 15 is 0 Å². The van der Waals surface area contributed by atoms with Crippen LogP contribution in [0, 0.1) is 0 Å². The van der Waals surface area contributed by atoms with Gasteiger partial charge in [-0.1, -0.05) is 109 Å². The fourth-order valence-electron chi connectivity index (χ4n) is 5.85. The van der Waals surface area contributed by atoms with E-state index in [4.69, 9.17) is 19.4 Å². The maximum Gasteiger partial charge on any atom is 0.339 e. The van der Waals surface area contributed by atoms with Crippen LogP contribution in [0.3, 0.4) is 0 Å². The van der Waals surface area contributed by atoms with Crippen LogP contribution in [0.2, 0.25) is 0 Å². The zero-order chi connectivity index (χ0) is 32.8. The lowest BCUT2D eigenvalue weighted by Gasteiger charge is -2.24. The zero-order valence-electron chi connectivity index (χ0n) is 25.4. The van der Waals surface area contributed by atoms with Gasteiger partial charge in [0.25, 0.3) is 0 Å². The Hall–Kier alpha value is -5.25. The number of rotatable bonds is 12. The Morgan fingerprint density at radius 1 is 0.681 bits per heavy atom. The van der Waals surface area contributed by atoms with E-state index in [1.165, 1.54) is 24.3 Å². The van der Waals surface area contributed by atoms with E-state index < -0.39 is 34.0 Å². The first kappa shape index (κ1) is 31.7. The second-order valence-corrected chi connectivity index (χ2v) is 12.8. The van der Waals surface area contributed by atoms with E-state index in [2.05, 4.69) is 12.1 Å². The van der Waals surface area contributed by atoms with Crippen LogP contribution in [0.1, 0.15) is 40.5 Å². The summed E-state index contributed by atoms with van der Waals surface area (Å²) in [6.45, 7) is 0.148. The first-order chi connectivity index (χ1) is 22.8. The van der Waals surface area contributed by atoms with E-state index in [1.54, 1.807) is 30.3 Å². The van der Waals surface area contributed by atoms with Gasteiger partial charge in [0.05, 0.1) is 12.3 Å². The van der Waals surface area contributed by atoms with Crippen molar-refractivity contribution in [3.8, 4) is 16.9 Å². The highest BCUT2D eigenvalue weighted by molar-refractivity contribution is 7.87. The molecule has 2 unspecified atom stereocenters. The lowest BCUT2D eigenvalue weighted by molar-refractivity contribution is -0.148. The highest BCUT2D eigenvalue weighted by Gasteiger charge is 2.34. The minimum absolute atomic E-state index is 0.0108. The third-order valence-electron chi connectivity index (χ3n) is 8.16. The van der Waals surface area contributed by atoms with Crippen molar-refractivity contribution in [2.24, 2.45) is 5.73 Å². The molecule has 238 valence electrons. The molecule has 1 aliphatic carbocycles. The zero-order valence-corrected chi connectivity index (χ0v) is 26.2. The molecule has 5 aromatic carbocycles. The summed E-state index contributed by atoms with van der Waals surface area (Å²) >= 11 is 0. The largest absolute Gasteiger partial charge is 0.464 e. The summed E-state index contributed by atoms with van der Waals surface area (Å²) in [5, 5.41) is 0. The Labute approximate surface area is 273 Å². The first-order valence-electron chi connectivity index (χ1n) is 15.2. The molecule has 1 aliphatic rings. The molecule has 0 heterocycles. The molecule has 0 radical (unpaired) electrons. The SMILES string of the molecule is NC(CC(=O)OCc1ccccc1)C(C(=O)OCC1c2ccccc2-c2ccccc21)c1ccc(OS(=O)(=O)c2ccccc2)cc1. The summed E-state index contributed by atoms with van der Waals surface area (Å²) in [6.07, 6.45) is -0.248. The topological polar surface area (TPSA) is 122 Å². The quantitative estimate of drug-likeness (QED) is 0.123. The van der Waals surface area contributed by atoms with E-state index in [9.17, 15) is 18.0 Å². The molecule has 9 heteroatoms. The Bertz CT molecular complexity index is 1920. The van der Waals surface area contributed by atoms with Crippen molar-refractivity contribution in [2.45, 2.75) is 35.8 Å². The van der Waals surface area contributed by atoms with Crippen LogP contribution < -0.4 is 9.92 Å². The fourth-order valence-corrected chi connectivity index (χ4v) is 6.80. The maximum atomic E-state index is 13.8. The average molecular weight is 648 g/mol. The first-order valence-corrected chi connectivity index (χ1v) is 16.6. The molecule has 0 bridgehead atoms. The van der Waals surface area contributed by atoms with E-state index in [0.717, 1.165) is 27.8 Å². The van der Waals surface area contributed by atoms with Crippen LogP contribution in [0.5, 0.6) is 5.75 Å². The molecule has 6 rings (SSSR count). The molecular formula is C38H33NO7S. The van der Waals surface area contributed by atoms with Crippen molar-refractivity contribution in [2.75, 3.05) is 6.61 Å². The molecule has 2 atom stereocenters. The number of fused-ring (bicyclic) bond motifs is 3. The van der Waals surface area contributed by atoms with Gasteiger partial charge in [-0.2, -0.15) is 8.42 Å². The van der Waals surface area contributed by atoms with Crippen molar-refractivity contribution >= 4 is 22.1 Å². The van der Waals surface area contributed by atoms with Crippen LogP contribution in [0.25, 0.3) is 11.1 Å². The standard InChI is InChI=1S/C38H33NO7S/c39-35(23-36(40)44-24-26-11-3-1-4-12-26)37(27-19-21-28(22-20-27)46-47(42,43)29-13-5-2-6-14-29)38(41)45-25-34-32-17-9-7-15-30(32)31-16-8-10-18-33(31)34/h1-22,34-35,37H,23-25,39H2. The van der Waals surface area contributed by atoms with E-state index in [-0.39, 0.29) is 36.2 Å². The molecule has 0 spiro atoms. The third-order valence-corrected chi connectivity index (χ3v) is 9.42. The van der Waals surface area contributed by atoms with Crippen LogP contribution in [-0.4, -0.2) is 33.0 Å². The molecule has 0 aromatic heterocycles. The molecule has 0 saturated carbocycles. The van der Waals surface area contributed by atoms with Crippen molar-refractivity contribution < 1.29 is 31.7 Å². The number of hydrogen-bond acceptors (Lipinski definition) is 8. The smallest absolute Gasteiger partial charge is 0.339 e. The summed E-state index contributed by atoms with van der Waals surface area (Å²) in [7, 11) is -4.07. The lowest BCUT2D eigenvalue weighted by Crippen LogP contribution is -2.37. The predicted molar refractivity (Wildman–Crippen MR) is 177 cm³/mol. The Morgan fingerprint density at radius 3 is 1.85 bits per heavy atom. The molecule has 2 N–H and O–H groups in total.